The summed E-state index contributed by atoms with van der Waals surface area (Å²) in [6.45, 7) is 3.56. The molecule has 0 aliphatic carbocycles. The Labute approximate surface area is 98.0 Å². The Kier molecular flexibility index (Phi) is 11.6. The highest BCUT2D eigenvalue weighted by Crippen LogP contribution is 2.07. The molecule has 0 aromatic rings. The lowest BCUT2D eigenvalue weighted by Crippen LogP contribution is -3.00. The Bertz CT molecular complexity index is 107. The van der Waals surface area contributed by atoms with Gasteiger partial charge >= 0.3 is 0 Å². The lowest BCUT2D eigenvalue weighted by atomic mass is 10.1. The highest BCUT2D eigenvalue weighted by atomic mass is 79.9. The molecule has 0 rings (SSSR count). The molecule has 0 heterocycles. The van der Waals surface area contributed by atoms with Crippen molar-refractivity contribution in [3.05, 3.63) is 0 Å². The van der Waals surface area contributed by atoms with Crippen molar-refractivity contribution in [3.63, 3.8) is 0 Å². The third kappa shape index (κ3) is 10.7. The third-order valence-corrected chi connectivity index (χ3v) is 3.55. The number of quaternary nitrogens is 1. The molecular weight excluding hydrogens is 249 g/mol. The number of halogens is 2. The van der Waals surface area contributed by atoms with Crippen molar-refractivity contribution >= 4 is 15.9 Å². The number of hydrogen-bond donors (Lipinski definition) is 0. The molecule has 0 aromatic heterocycles. The fourth-order valence-electron chi connectivity index (χ4n) is 1.20. The molecule has 0 spiro atoms. The second kappa shape index (κ2) is 9.29. The van der Waals surface area contributed by atoms with Crippen molar-refractivity contribution in [2.24, 2.45) is 0 Å². The first kappa shape index (κ1) is 16.2. The minimum Gasteiger partial charge on any atom is -1.00 e. The Balaban J connectivity index is 0. The van der Waals surface area contributed by atoms with Gasteiger partial charge in [-0.05, 0) is 28.8 Å². The van der Waals surface area contributed by atoms with Gasteiger partial charge in [0.15, 0.2) is 0 Å². The molecule has 0 amide bonds. The van der Waals surface area contributed by atoms with E-state index in [1.807, 2.05) is 0 Å². The van der Waals surface area contributed by atoms with Crippen LogP contribution in [0.2, 0.25) is 0 Å². The van der Waals surface area contributed by atoms with Gasteiger partial charge in [0.2, 0.25) is 0 Å². The molecule has 0 atom stereocenters. The first-order valence-electron chi connectivity index (χ1n) is 5.00. The average Bonchev–Trinajstić information content (AvgIpc) is 2.04. The van der Waals surface area contributed by atoms with Crippen LogP contribution in [-0.2, 0) is 0 Å². The Morgan fingerprint density at radius 2 is 1.54 bits per heavy atom. The molecule has 0 aliphatic heterocycles. The Morgan fingerprint density at radius 1 is 1.00 bits per heavy atom. The lowest BCUT2D eigenvalue weighted by Gasteiger charge is -2.26. The normalized spacial score (nSPS) is 11.1. The predicted octanol–water partition coefficient (Wildman–Crippen LogP) is 0.390. The van der Waals surface area contributed by atoms with Crippen molar-refractivity contribution in [2.75, 3.05) is 26.1 Å². The van der Waals surface area contributed by atoms with Gasteiger partial charge in [0, 0.05) is 0 Å². The van der Waals surface area contributed by atoms with Crippen LogP contribution in [-0.4, -0.2) is 30.6 Å². The van der Waals surface area contributed by atoms with Crippen LogP contribution >= 0.6 is 15.9 Å². The third-order valence-electron chi connectivity index (χ3n) is 2.19. The minimum atomic E-state index is 0. The van der Waals surface area contributed by atoms with E-state index in [9.17, 15) is 0 Å². The van der Waals surface area contributed by atoms with E-state index in [1.165, 1.54) is 38.6 Å². The summed E-state index contributed by atoms with van der Waals surface area (Å²) >= 11 is 3.53. The van der Waals surface area contributed by atoms with Gasteiger partial charge < -0.3 is 16.9 Å². The predicted molar refractivity (Wildman–Crippen MR) is 59.5 cm³/mol. The van der Waals surface area contributed by atoms with Crippen LogP contribution in [0.25, 0.3) is 0 Å². The summed E-state index contributed by atoms with van der Waals surface area (Å²) in [5.41, 5.74) is 1.07. The zero-order valence-electron chi connectivity index (χ0n) is 9.15. The Hall–Kier alpha value is 0.730. The highest BCUT2D eigenvalue weighted by Gasteiger charge is 2.10. The van der Waals surface area contributed by atoms with E-state index < -0.39 is 0 Å². The maximum atomic E-state index is 3.53. The summed E-state index contributed by atoms with van der Waals surface area (Å²) in [7, 11) is 4.54. The molecule has 0 aromatic carbocycles. The summed E-state index contributed by atoms with van der Waals surface area (Å²) in [6, 6.07) is 0. The van der Waals surface area contributed by atoms with E-state index in [-0.39, 0.29) is 12.4 Å². The molecule has 0 unspecified atom stereocenters. The van der Waals surface area contributed by atoms with E-state index >= 15 is 0 Å². The van der Waals surface area contributed by atoms with Crippen molar-refractivity contribution in [3.8, 4) is 0 Å². The van der Waals surface area contributed by atoms with E-state index in [4.69, 9.17) is 0 Å². The number of nitrogens with zero attached hydrogens (tertiary/aromatic N) is 1. The van der Waals surface area contributed by atoms with Crippen LogP contribution in [0.3, 0.4) is 0 Å². The van der Waals surface area contributed by atoms with Gasteiger partial charge in [-0.3, -0.25) is 0 Å². The highest BCUT2D eigenvalue weighted by molar-refractivity contribution is 9.09. The summed E-state index contributed by atoms with van der Waals surface area (Å²) in [6.07, 6.45) is 6.94. The van der Waals surface area contributed by atoms with Gasteiger partial charge in [-0.2, -0.15) is 0 Å². The van der Waals surface area contributed by atoms with Crippen molar-refractivity contribution in [2.45, 2.75) is 39.0 Å². The second-order valence-electron chi connectivity index (χ2n) is 4.19. The fourth-order valence-corrected chi connectivity index (χ4v) is 1.45. The second-order valence-corrected chi connectivity index (χ2v) is 4.69. The molecule has 82 valence electrons. The van der Waals surface area contributed by atoms with Gasteiger partial charge in [-0.1, -0.05) is 26.2 Å². The number of alkyl halides is 1. The first-order valence-corrected chi connectivity index (χ1v) is 6.12. The van der Waals surface area contributed by atoms with Crippen LogP contribution in [0.4, 0.5) is 0 Å². The Morgan fingerprint density at radius 3 is 2.00 bits per heavy atom. The van der Waals surface area contributed by atoms with Gasteiger partial charge in [-0.15, -0.1) is 0 Å². The van der Waals surface area contributed by atoms with Crippen LogP contribution in [0.1, 0.15) is 39.0 Å². The number of rotatable bonds is 7. The molecular formula is C10H23BrClN. The molecule has 0 bridgehead atoms. The SMILES string of the molecule is CCCCCCC[N+](C)(C)CBr.[Cl-]. The van der Waals surface area contributed by atoms with Crippen molar-refractivity contribution < 1.29 is 16.9 Å². The molecule has 1 nitrogen and oxygen atoms in total. The molecule has 0 N–H and O–H groups in total. The molecule has 0 saturated carbocycles. The summed E-state index contributed by atoms with van der Waals surface area (Å²) in [5.74, 6) is 0. The minimum absolute atomic E-state index is 0. The van der Waals surface area contributed by atoms with Crippen LogP contribution in [0.15, 0.2) is 0 Å². The van der Waals surface area contributed by atoms with Gasteiger partial charge in [0.25, 0.3) is 0 Å². The topological polar surface area (TPSA) is 0 Å². The van der Waals surface area contributed by atoms with E-state index in [0.717, 1.165) is 9.94 Å². The lowest BCUT2D eigenvalue weighted by molar-refractivity contribution is -0.876. The van der Waals surface area contributed by atoms with E-state index in [2.05, 4.69) is 36.9 Å². The van der Waals surface area contributed by atoms with E-state index in [1.54, 1.807) is 0 Å². The van der Waals surface area contributed by atoms with Crippen molar-refractivity contribution in [1.29, 1.82) is 0 Å². The largest absolute Gasteiger partial charge is 1.00 e. The van der Waals surface area contributed by atoms with Gasteiger partial charge in [0.1, 0.15) is 5.45 Å². The van der Waals surface area contributed by atoms with Crippen molar-refractivity contribution in [1.82, 2.24) is 0 Å². The monoisotopic (exact) mass is 271 g/mol. The molecule has 0 fully saturated rings. The molecule has 3 heteroatoms. The molecule has 0 aliphatic rings. The van der Waals surface area contributed by atoms with Crippen LogP contribution in [0, 0.1) is 0 Å². The number of hydrogen-bond acceptors (Lipinski definition) is 0. The van der Waals surface area contributed by atoms with Gasteiger partial charge in [-0.25, -0.2) is 0 Å². The van der Waals surface area contributed by atoms with E-state index in [0.29, 0.717) is 0 Å². The summed E-state index contributed by atoms with van der Waals surface area (Å²) in [4.78, 5) is 0. The van der Waals surface area contributed by atoms with Gasteiger partial charge in [0.05, 0.1) is 20.6 Å². The zero-order valence-corrected chi connectivity index (χ0v) is 11.5. The summed E-state index contributed by atoms with van der Waals surface area (Å²) in [5, 5.41) is 0. The van der Waals surface area contributed by atoms with Crippen LogP contribution in [0.5, 0.6) is 0 Å². The molecule has 0 saturated heterocycles. The average molecular weight is 273 g/mol. The maximum absolute atomic E-state index is 3.53. The fraction of sp³-hybridized carbons (Fsp3) is 1.00. The number of unbranched alkanes of at least 4 members (excludes halogenated alkanes) is 4. The molecule has 13 heavy (non-hydrogen) atoms. The first-order chi connectivity index (χ1) is 5.62. The smallest absolute Gasteiger partial charge is 0.133 e. The zero-order chi connectivity index (χ0) is 9.45. The summed E-state index contributed by atoms with van der Waals surface area (Å²) < 4.78 is 1.10. The maximum Gasteiger partial charge on any atom is 0.133 e. The molecule has 0 radical (unpaired) electrons. The van der Waals surface area contributed by atoms with Crippen LogP contribution < -0.4 is 12.4 Å². The standard InChI is InChI=1S/C10H23BrN.ClH/c1-4-5-6-7-8-9-12(2,3)10-11;/h4-10H2,1-3H3;1H/q+1;/p-1. The quantitative estimate of drug-likeness (QED) is 0.272.